The molecular weight excluding hydrogens is 482 g/mol. The maximum absolute atomic E-state index is 12.5. The first-order valence-electron chi connectivity index (χ1n) is 13.1. The number of benzene rings is 3. The number of aryl methyl sites for hydroxylation is 5. The van der Waals surface area contributed by atoms with Crippen LogP contribution in [0.15, 0.2) is 60.7 Å². The number of imidazole rings is 1. The number of aromatic nitrogens is 2. The number of amides is 1. The SMILES string of the molecule is Cc1ccc(C(=O)NCCCCCc2nc3ccccc3n2CCCOc2ccc(Cl)c(C)c2)c(C)c1. The molecule has 1 aromatic heterocycles. The molecule has 37 heavy (non-hydrogen) atoms. The number of halogens is 1. The molecule has 0 aliphatic rings. The van der Waals surface area contributed by atoms with E-state index in [0.29, 0.717) is 13.2 Å². The highest BCUT2D eigenvalue weighted by Crippen LogP contribution is 2.22. The third-order valence-corrected chi connectivity index (χ3v) is 7.07. The van der Waals surface area contributed by atoms with Crippen molar-refractivity contribution < 1.29 is 9.53 Å². The van der Waals surface area contributed by atoms with Crippen LogP contribution >= 0.6 is 11.6 Å². The summed E-state index contributed by atoms with van der Waals surface area (Å²) in [6.07, 6.45) is 4.82. The monoisotopic (exact) mass is 517 g/mol. The van der Waals surface area contributed by atoms with Gasteiger partial charge in [0.2, 0.25) is 0 Å². The van der Waals surface area contributed by atoms with Crippen molar-refractivity contribution in [3.63, 3.8) is 0 Å². The minimum absolute atomic E-state index is 0.00951. The number of hydrogen-bond acceptors (Lipinski definition) is 3. The summed E-state index contributed by atoms with van der Waals surface area (Å²) < 4.78 is 8.28. The Morgan fingerprint density at radius 2 is 1.78 bits per heavy atom. The van der Waals surface area contributed by atoms with Crippen LogP contribution in [0.1, 0.15) is 58.6 Å². The molecule has 0 spiro atoms. The van der Waals surface area contributed by atoms with Crippen molar-refractivity contribution in [2.75, 3.05) is 13.2 Å². The average Bonchev–Trinajstić information content (AvgIpc) is 3.23. The van der Waals surface area contributed by atoms with Gasteiger partial charge in [-0.2, -0.15) is 0 Å². The Bertz CT molecular complexity index is 1360. The van der Waals surface area contributed by atoms with Crippen LogP contribution in [0.5, 0.6) is 5.75 Å². The Hall–Kier alpha value is -3.31. The van der Waals surface area contributed by atoms with Crippen molar-refractivity contribution in [1.82, 2.24) is 14.9 Å². The lowest BCUT2D eigenvalue weighted by Gasteiger charge is -2.11. The second-order valence-electron chi connectivity index (χ2n) is 9.67. The van der Waals surface area contributed by atoms with Crippen molar-refractivity contribution in [3.05, 3.63) is 93.8 Å². The Labute approximate surface area is 224 Å². The van der Waals surface area contributed by atoms with Crippen LogP contribution in [0, 0.1) is 20.8 Å². The standard InChI is InChI=1S/C31H36ClN3O2/c1-22-13-15-26(23(2)20-22)31(36)33-17-8-4-5-12-30-34-28-10-6-7-11-29(28)35(30)18-9-19-37-25-14-16-27(32)24(3)21-25/h6-7,10-11,13-16,20-21H,4-5,8-9,12,17-19H2,1-3H3,(H,33,36). The summed E-state index contributed by atoms with van der Waals surface area (Å²) >= 11 is 6.12. The predicted octanol–water partition coefficient (Wildman–Crippen LogP) is 7.23. The maximum atomic E-state index is 12.5. The molecule has 1 heterocycles. The zero-order chi connectivity index (χ0) is 26.2. The molecule has 0 atom stereocenters. The molecule has 0 unspecified atom stereocenters. The van der Waals surface area contributed by atoms with Gasteiger partial charge < -0.3 is 14.6 Å². The summed E-state index contributed by atoms with van der Waals surface area (Å²) in [5.41, 5.74) is 6.17. The minimum Gasteiger partial charge on any atom is -0.494 e. The smallest absolute Gasteiger partial charge is 0.251 e. The van der Waals surface area contributed by atoms with Gasteiger partial charge in [-0.15, -0.1) is 0 Å². The number of fused-ring (bicyclic) bond motifs is 1. The van der Waals surface area contributed by atoms with Gasteiger partial charge in [0.1, 0.15) is 11.6 Å². The molecule has 0 saturated heterocycles. The number of nitrogens with zero attached hydrogens (tertiary/aromatic N) is 2. The normalized spacial score (nSPS) is 11.1. The molecule has 6 heteroatoms. The van der Waals surface area contributed by atoms with Gasteiger partial charge in [0, 0.05) is 30.1 Å². The summed E-state index contributed by atoms with van der Waals surface area (Å²) in [5, 5.41) is 3.82. The fourth-order valence-corrected chi connectivity index (χ4v) is 4.75. The Balaban J connectivity index is 1.25. The van der Waals surface area contributed by atoms with Gasteiger partial charge in [0.05, 0.1) is 17.6 Å². The number of unbranched alkanes of at least 4 members (excludes halogenated alkanes) is 2. The van der Waals surface area contributed by atoms with E-state index in [1.54, 1.807) is 0 Å². The fourth-order valence-electron chi connectivity index (χ4n) is 4.64. The lowest BCUT2D eigenvalue weighted by Crippen LogP contribution is -2.25. The summed E-state index contributed by atoms with van der Waals surface area (Å²) in [4.78, 5) is 17.4. The highest BCUT2D eigenvalue weighted by molar-refractivity contribution is 6.31. The lowest BCUT2D eigenvalue weighted by molar-refractivity contribution is 0.0952. The molecule has 3 aromatic carbocycles. The number of carbonyl (C=O) groups is 1. The van der Waals surface area contributed by atoms with Gasteiger partial charge >= 0.3 is 0 Å². The van der Waals surface area contributed by atoms with Crippen molar-refractivity contribution in [1.29, 1.82) is 0 Å². The van der Waals surface area contributed by atoms with Gasteiger partial charge in [-0.25, -0.2) is 4.98 Å². The molecule has 5 nitrogen and oxygen atoms in total. The molecule has 0 bridgehead atoms. The third kappa shape index (κ3) is 7.14. The molecule has 0 aliphatic heterocycles. The number of ether oxygens (including phenoxy) is 1. The summed E-state index contributed by atoms with van der Waals surface area (Å²) in [6, 6.07) is 20.0. The van der Waals surface area contributed by atoms with Gasteiger partial charge in [-0.1, -0.05) is 47.9 Å². The zero-order valence-corrected chi connectivity index (χ0v) is 22.8. The van der Waals surface area contributed by atoms with Crippen molar-refractivity contribution in [2.45, 2.75) is 59.4 Å². The van der Waals surface area contributed by atoms with E-state index in [1.165, 1.54) is 11.1 Å². The van der Waals surface area contributed by atoms with E-state index in [4.69, 9.17) is 21.3 Å². The molecule has 0 saturated carbocycles. The summed E-state index contributed by atoms with van der Waals surface area (Å²) in [5.74, 6) is 1.97. The largest absolute Gasteiger partial charge is 0.494 e. The molecular formula is C31H36ClN3O2. The van der Waals surface area contributed by atoms with Crippen LogP contribution in [0.25, 0.3) is 11.0 Å². The molecule has 4 aromatic rings. The molecule has 4 rings (SSSR count). The van der Waals surface area contributed by atoms with Crippen LogP contribution in [0.3, 0.4) is 0 Å². The zero-order valence-electron chi connectivity index (χ0n) is 22.0. The second-order valence-corrected chi connectivity index (χ2v) is 10.1. The van der Waals surface area contributed by atoms with Crippen LogP contribution in [0.4, 0.5) is 0 Å². The Kier molecular flexibility index (Phi) is 9.24. The van der Waals surface area contributed by atoms with E-state index in [0.717, 1.165) is 77.5 Å². The summed E-state index contributed by atoms with van der Waals surface area (Å²) in [7, 11) is 0. The highest BCUT2D eigenvalue weighted by atomic mass is 35.5. The van der Waals surface area contributed by atoms with E-state index < -0.39 is 0 Å². The maximum Gasteiger partial charge on any atom is 0.251 e. The van der Waals surface area contributed by atoms with Crippen molar-refractivity contribution in [2.24, 2.45) is 0 Å². The van der Waals surface area contributed by atoms with Gasteiger partial charge in [0.15, 0.2) is 0 Å². The molecule has 0 aliphatic carbocycles. The Morgan fingerprint density at radius 3 is 2.59 bits per heavy atom. The number of hydrogen-bond donors (Lipinski definition) is 1. The van der Waals surface area contributed by atoms with Gasteiger partial charge in [-0.3, -0.25) is 4.79 Å². The first kappa shape index (κ1) is 26.7. The van der Waals surface area contributed by atoms with E-state index >= 15 is 0 Å². The number of para-hydroxylation sites is 2. The van der Waals surface area contributed by atoms with E-state index in [1.807, 2.05) is 63.2 Å². The van der Waals surface area contributed by atoms with E-state index in [-0.39, 0.29) is 5.91 Å². The van der Waals surface area contributed by atoms with Crippen molar-refractivity contribution in [3.8, 4) is 5.75 Å². The van der Waals surface area contributed by atoms with Crippen LogP contribution in [-0.4, -0.2) is 28.6 Å². The van der Waals surface area contributed by atoms with Crippen LogP contribution in [0.2, 0.25) is 5.02 Å². The highest BCUT2D eigenvalue weighted by Gasteiger charge is 2.11. The van der Waals surface area contributed by atoms with Crippen LogP contribution < -0.4 is 10.1 Å². The first-order valence-corrected chi connectivity index (χ1v) is 13.5. The molecule has 1 amide bonds. The summed E-state index contributed by atoms with van der Waals surface area (Å²) in [6.45, 7) is 8.18. The third-order valence-electron chi connectivity index (χ3n) is 6.65. The molecule has 0 fully saturated rings. The van der Waals surface area contributed by atoms with Crippen LogP contribution in [-0.2, 0) is 13.0 Å². The Morgan fingerprint density at radius 1 is 0.946 bits per heavy atom. The van der Waals surface area contributed by atoms with Crippen molar-refractivity contribution >= 4 is 28.5 Å². The van der Waals surface area contributed by atoms with Gasteiger partial charge in [-0.05, 0) is 87.6 Å². The number of rotatable bonds is 12. The molecule has 194 valence electrons. The first-order chi connectivity index (χ1) is 17.9. The average molecular weight is 518 g/mol. The van der Waals surface area contributed by atoms with Gasteiger partial charge in [0.25, 0.3) is 5.91 Å². The molecule has 1 N–H and O–H groups in total. The van der Waals surface area contributed by atoms with E-state index in [2.05, 4.69) is 28.1 Å². The van der Waals surface area contributed by atoms with E-state index in [9.17, 15) is 4.79 Å². The lowest BCUT2D eigenvalue weighted by atomic mass is 10.1. The number of carbonyl (C=O) groups excluding carboxylic acids is 1. The predicted molar refractivity (Wildman–Crippen MR) is 152 cm³/mol. The molecule has 0 radical (unpaired) electrons. The minimum atomic E-state index is 0.00951. The second kappa shape index (κ2) is 12.8. The fraction of sp³-hybridized carbons (Fsp3) is 0.355. The topological polar surface area (TPSA) is 56.2 Å². The number of nitrogens with one attached hydrogen (secondary N) is 1. The quantitative estimate of drug-likeness (QED) is 0.202.